The number of carbonyl (C=O) groups excluding carboxylic acids is 1. The number of aliphatic hydroxyl groups is 5. The van der Waals surface area contributed by atoms with Gasteiger partial charge in [-0.15, -0.1) is 0 Å². The first-order valence-corrected chi connectivity index (χ1v) is 24.9. The van der Waals surface area contributed by atoms with Crippen LogP contribution in [-0.4, -0.2) is 143 Å². The molecule has 0 amide bonds. The molecule has 0 bridgehead atoms. The van der Waals surface area contributed by atoms with Crippen molar-refractivity contribution in [3.05, 3.63) is 11.6 Å². The van der Waals surface area contributed by atoms with Crippen LogP contribution in [0.2, 0.25) is 0 Å². The van der Waals surface area contributed by atoms with Crippen molar-refractivity contribution < 1.29 is 93.5 Å². The number of carboxylic acids is 1. The Kier molecular flexibility index (Phi) is 13.2. The predicted octanol–water partition coefficient (Wildman–Crippen LogP) is 1.92. The molecule has 2 heterocycles. The minimum atomic E-state index is -5.23. The van der Waals surface area contributed by atoms with E-state index in [2.05, 4.69) is 31.9 Å². The van der Waals surface area contributed by atoms with E-state index in [1.807, 2.05) is 26.8 Å². The molecular weight excluding hydrogens is 889 g/mol. The highest BCUT2D eigenvalue weighted by Gasteiger charge is 2.72. The fourth-order valence-electron chi connectivity index (χ4n) is 14.6. The van der Waals surface area contributed by atoms with Gasteiger partial charge in [-0.3, -0.25) is 13.9 Å². The average molecular weight is 955 g/mol. The number of fused-ring (bicyclic) bond motifs is 7. The van der Waals surface area contributed by atoms with Crippen LogP contribution in [0.25, 0.3) is 0 Å². The Morgan fingerprint density at radius 2 is 1.38 bits per heavy atom. The highest BCUT2D eigenvalue weighted by molar-refractivity contribution is 7.81. The van der Waals surface area contributed by atoms with Crippen molar-refractivity contribution in [3.63, 3.8) is 0 Å². The number of rotatable bonds is 10. The second kappa shape index (κ2) is 17.0. The summed E-state index contributed by atoms with van der Waals surface area (Å²) in [5.74, 6) is -2.38. The number of esters is 1. The van der Waals surface area contributed by atoms with Gasteiger partial charge >= 0.3 is 32.7 Å². The summed E-state index contributed by atoms with van der Waals surface area (Å²) < 4.78 is 99.3. The number of carbonyl (C=O) groups is 2. The SMILES string of the molecule is CC1=CCC2(C(=O)OC3OC(CO)C(O)C(O)C3OS(=O)(=O)O)CCC3(C)C(CCC4C5(C)CCC(OC6OC(C(=O)O)C(O)C(O)C6OS(=O)(=O)O)C(C)(C)C5CCC43C)C2C1C. The van der Waals surface area contributed by atoms with Crippen molar-refractivity contribution in [1.82, 2.24) is 0 Å². The van der Waals surface area contributed by atoms with E-state index in [1.54, 1.807) is 0 Å². The molecule has 20 unspecified atom stereocenters. The lowest BCUT2D eigenvalue weighted by molar-refractivity contribution is -0.322. The molecule has 20 atom stereocenters. The van der Waals surface area contributed by atoms with Crippen LogP contribution in [-0.2, 0) is 57.7 Å². The first-order valence-electron chi connectivity index (χ1n) is 22.2. The summed E-state index contributed by atoms with van der Waals surface area (Å²) >= 11 is 0. The van der Waals surface area contributed by atoms with E-state index in [4.69, 9.17) is 23.1 Å². The van der Waals surface area contributed by atoms with Crippen LogP contribution < -0.4 is 0 Å². The second-order valence-electron chi connectivity index (χ2n) is 21.1. The molecule has 0 aromatic heterocycles. The van der Waals surface area contributed by atoms with Crippen LogP contribution in [0, 0.1) is 56.7 Å². The lowest BCUT2D eigenvalue weighted by Gasteiger charge is -2.73. The Hall–Kier alpha value is -1.90. The topological polar surface area (TPSA) is 320 Å². The van der Waals surface area contributed by atoms with Crippen LogP contribution in [0.3, 0.4) is 0 Å². The highest BCUT2D eigenvalue weighted by atomic mass is 32.3. The minimum absolute atomic E-state index is 0.0171. The molecule has 4 saturated carbocycles. The number of ether oxygens (including phenoxy) is 4. The van der Waals surface area contributed by atoms with Crippen molar-refractivity contribution in [2.24, 2.45) is 56.7 Å². The predicted molar refractivity (Wildman–Crippen MR) is 219 cm³/mol. The summed E-state index contributed by atoms with van der Waals surface area (Å²) in [4.78, 5) is 26.8. The third-order valence-electron chi connectivity index (χ3n) is 18.1. The van der Waals surface area contributed by atoms with Crippen LogP contribution in [0.15, 0.2) is 11.6 Å². The Morgan fingerprint density at radius 1 is 0.766 bits per heavy atom. The van der Waals surface area contributed by atoms with E-state index in [0.29, 0.717) is 32.1 Å². The summed E-state index contributed by atoms with van der Waals surface area (Å²) in [6, 6.07) is 0. The van der Waals surface area contributed by atoms with Crippen molar-refractivity contribution in [2.45, 2.75) is 174 Å². The van der Waals surface area contributed by atoms with Crippen LogP contribution >= 0.6 is 0 Å². The molecule has 0 aromatic rings. The third kappa shape index (κ3) is 8.09. The number of hydrogen-bond donors (Lipinski definition) is 8. The van der Waals surface area contributed by atoms with Crippen molar-refractivity contribution in [1.29, 1.82) is 0 Å². The van der Waals surface area contributed by atoms with Gasteiger partial charge in [0.1, 0.15) is 30.5 Å². The summed E-state index contributed by atoms with van der Waals surface area (Å²) in [5.41, 5.74) is -1.39. The molecule has 0 radical (unpaired) electrons. The van der Waals surface area contributed by atoms with Gasteiger partial charge in [0, 0.05) is 0 Å². The summed E-state index contributed by atoms with van der Waals surface area (Å²) in [6.07, 6.45) is -12.1. The van der Waals surface area contributed by atoms with Gasteiger partial charge in [0.05, 0.1) is 18.1 Å². The zero-order valence-electron chi connectivity index (χ0n) is 37.2. The zero-order valence-corrected chi connectivity index (χ0v) is 38.8. The Morgan fingerprint density at radius 3 is 1.97 bits per heavy atom. The van der Waals surface area contributed by atoms with Crippen molar-refractivity contribution in [2.75, 3.05) is 6.61 Å². The largest absolute Gasteiger partial charge is 0.479 e. The third-order valence-corrected chi connectivity index (χ3v) is 19.0. The number of allylic oxidation sites excluding steroid dienone is 2. The van der Waals surface area contributed by atoms with Gasteiger partial charge < -0.3 is 49.6 Å². The maximum absolute atomic E-state index is 14.8. The minimum Gasteiger partial charge on any atom is -0.479 e. The summed E-state index contributed by atoms with van der Waals surface area (Å²) in [6.45, 7) is 14.4. The van der Waals surface area contributed by atoms with E-state index >= 15 is 0 Å². The van der Waals surface area contributed by atoms with E-state index in [0.717, 1.165) is 31.3 Å². The molecule has 2 aliphatic heterocycles. The smallest absolute Gasteiger partial charge is 0.397 e. The van der Waals surface area contributed by atoms with Gasteiger partial charge in [0.2, 0.25) is 6.29 Å². The molecule has 0 aromatic carbocycles. The molecule has 0 spiro atoms. The molecule has 6 fully saturated rings. The molecule has 7 aliphatic rings. The number of aliphatic hydroxyl groups excluding tert-OH is 5. The molecule has 64 heavy (non-hydrogen) atoms. The van der Waals surface area contributed by atoms with Gasteiger partial charge in [-0.25, -0.2) is 13.2 Å². The summed E-state index contributed by atoms with van der Waals surface area (Å²) in [7, 11) is -10.4. The monoisotopic (exact) mass is 954 g/mol. The van der Waals surface area contributed by atoms with E-state index < -0.39 is 118 Å². The molecule has 366 valence electrons. The molecule has 22 heteroatoms. The average Bonchev–Trinajstić information content (AvgIpc) is 3.18. The molecule has 5 aliphatic carbocycles. The highest BCUT2D eigenvalue weighted by Crippen LogP contribution is 2.77. The first kappa shape index (κ1) is 50.0. The van der Waals surface area contributed by atoms with E-state index in [-0.39, 0.29) is 45.8 Å². The summed E-state index contributed by atoms with van der Waals surface area (Å²) in [5, 5.41) is 62.2. The van der Waals surface area contributed by atoms with Crippen molar-refractivity contribution >= 4 is 32.7 Å². The maximum atomic E-state index is 14.8. The van der Waals surface area contributed by atoms with Gasteiger partial charge in [-0.2, -0.15) is 16.8 Å². The fourth-order valence-corrected chi connectivity index (χ4v) is 15.6. The number of aliphatic carboxylic acids is 1. The Balaban J connectivity index is 1.15. The van der Waals surface area contributed by atoms with Crippen LogP contribution in [0.1, 0.15) is 106 Å². The number of hydrogen-bond acceptors (Lipinski definition) is 17. The van der Waals surface area contributed by atoms with Gasteiger partial charge in [0.15, 0.2) is 24.6 Å². The van der Waals surface area contributed by atoms with Crippen molar-refractivity contribution in [3.8, 4) is 0 Å². The van der Waals surface area contributed by atoms with Crippen LogP contribution in [0.4, 0.5) is 0 Å². The van der Waals surface area contributed by atoms with Crippen LogP contribution in [0.5, 0.6) is 0 Å². The zero-order chi connectivity index (χ0) is 47.5. The second-order valence-corrected chi connectivity index (χ2v) is 23.2. The Labute approximate surface area is 373 Å². The quantitative estimate of drug-likeness (QED) is 0.0671. The molecule has 20 nitrogen and oxygen atoms in total. The fraction of sp³-hybridized carbons (Fsp3) is 0.905. The van der Waals surface area contributed by atoms with Gasteiger partial charge in [0.25, 0.3) is 0 Å². The standard InChI is InChI=1S/C42H66O20S2/c1-19-10-15-42(37(50)60-35-32(61-63(51,52)53)28(45)27(44)22(18-43)57-35)17-16-40(6)21(26(42)20(19)2)8-9-24-39(5)13-12-25(38(3,4)23(39)11-14-41(24,40)7)58-36-33(62-64(54,55)56)30(47)29(46)31(59-36)34(48)49/h10,20-33,35-36,43-47H,8-9,11-18H2,1-7H3,(H,48,49)(H,51,52,53)(H,54,55,56). The first-order chi connectivity index (χ1) is 29.5. The molecule has 2 saturated heterocycles. The van der Waals surface area contributed by atoms with E-state index in [9.17, 15) is 66.2 Å². The number of carboxylic acid groups (broad SMARTS) is 1. The molecule has 8 N–H and O–H groups in total. The maximum Gasteiger partial charge on any atom is 0.397 e. The van der Waals surface area contributed by atoms with E-state index in [1.165, 1.54) is 0 Å². The van der Waals surface area contributed by atoms with Gasteiger partial charge in [-0.05, 0) is 116 Å². The van der Waals surface area contributed by atoms with Gasteiger partial charge in [-0.1, -0.05) is 53.2 Å². The lowest BCUT2D eigenvalue weighted by Crippen LogP contribution is -2.68. The molecule has 7 rings (SSSR count). The molecular formula is C42H66O20S2. The lowest BCUT2D eigenvalue weighted by atomic mass is 9.31. The normalized spacial score (nSPS) is 49.2. The Bertz CT molecular complexity index is 2060.